The minimum atomic E-state index is 0.965. The molecule has 0 bridgehead atoms. The summed E-state index contributed by atoms with van der Waals surface area (Å²) in [6.07, 6.45) is 0. The lowest BCUT2D eigenvalue weighted by molar-refractivity contribution is 1.44. The van der Waals surface area contributed by atoms with Crippen LogP contribution in [-0.2, 0) is 0 Å². The van der Waals surface area contributed by atoms with Gasteiger partial charge in [-0.05, 0) is 46.2 Å². The van der Waals surface area contributed by atoms with Gasteiger partial charge < -0.3 is 0 Å². The molecule has 3 aromatic carbocycles. The van der Waals surface area contributed by atoms with Gasteiger partial charge in [-0.1, -0.05) is 52.3 Å². The Hall–Kier alpha value is -1.25. The molecule has 0 radical (unpaired) electrons. The first-order valence-electron chi connectivity index (χ1n) is 5.71. The summed E-state index contributed by atoms with van der Waals surface area (Å²) in [7, 11) is 0. The average molecular weight is 315 g/mol. The second kappa shape index (κ2) is 4.79. The molecular weight excluding hydrogens is 304 g/mol. The third-order valence-electron chi connectivity index (χ3n) is 2.97. The quantitative estimate of drug-likeness (QED) is 0.559. The van der Waals surface area contributed by atoms with Gasteiger partial charge in [0.1, 0.15) is 0 Å². The van der Waals surface area contributed by atoms with Crippen LogP contribution in [0.1, 0.15) is 0 Å². The molecule has 0 nitrogen and oxygen atoms in total. The fraction of sp³-hybridized carbons (Fsp3) is 0. The normalized spacial score (nSPS) is 10.8. The fourth-order valence-electron chi connectivity index (χ4n) is 2.11. The minimum Gasteiger partial charge on any atom is -0.143 e. The molecule has 0 aromatic heterocycles. The monoisotopic (exact) mass is 314 g/mol. The van der Waals surface area contributed by atoms with Crippen LogP contribution in [0.2, 0.25) is 0 Å². The summed E-state index contributed by atoms with van der Waals surface area (Å²) < 4.78 is 1.05. The summed E-state index contributed by atoms with van der Waals surface area (Å²) in [4.78, 5) is 0.965. The Balaban J connectivity index is 2.19. The van der Waals surface area contributed by atoms with E-state index in [1.54, 1.807) is 0 Å². The van der Waals surface area contributed by atoms with Crippen molar-refractivity contribution in [2.24, 2.45) is 0 Å². The predicted molar refractivity (Wildman–Crippen MR) is 84.3 cm³/mol. The van der Waals surface area contributed by atoms with Gasteiger partial charge in [0.25, 0.3) is 0 Å². The van der Waals surface area contributed by atoms with Gasteiger partial charge in [0.2, 0.25) is 0 Å². The zero-order valence-corrected chi connectivity index (χ0v) is 12.1. The van der Waals surface area contributed by atoms with Crippen molar-refractivity contribution < 1.29 is 0 Å². The average Bonchev–Trinajstić information content (AvgIpc) is 2.37. The van der Waals surface area contributed by atoms with E-state index in [4.69, 9.17) is 0 Å². The minimum absolute atomic E-state index is 0.965. The molecule has 18 heavy (non-hydrogen) atoms. The maximum atomic E-state index is 4.42. The Morgan fingerprint density at radius 1 is 0.722 bits per heavy atom. The standard InChI is InChI=1S/C16H11BrS/c17-15-8-14(9-16(18)10-15)13-6-5-11-3-1-2-4-12(11)7-13/h1-10,18H. The van der Waals surface area contributed by atoms with E-state index in [2.05, 4.69) is 83.2 Å². The van der Waals surface area contributed by atoms with Crippen LogP contribution in [0.3, 0.4) is 0 Å². The van der Waals surface area contributed by atoms with Gasteiger partial charge in [0.05, 0.1) is 0 Å². The van der Waals surface area contributed by atoms with Crippen LogP contribution in [0.5, 0.6) is 0 Å². The van der Waals surface area contributed by atoms with Crippen LogP contribution in [0.4, 0.5) is 0 Å². The first kappa shape index (κ1) is 11.8. The van der Waals surface area contributed by atoms with Crippen LogP contribution in [0.15, 0.2) is 70.0 Å². The van der Waals surface area contributed by atoms with E-state index in [1.165, 1.54) is 21.9 Å². The molecule has 0 spiro atoms. The number of rotatable bonds is 1. The molecule has 0 aliphatic heterocycles. The van der Waals surface area contributed by atoms with Crippen molar-refractivity contribution in [3.05, 3.63) is 65.1 Å². The van der Waals surface area contributed by atoms with Gasteiger partial charge in [-0.3, -0.25) is 0 Å². The molecular formula is C16H11BrS. The van der Waals surface area contributed by atoms with Crippen molar-refractivity contribution in [2.75, 3.05) is 0 Å². The van der Waals surface area contributed by atoms with E-state index in [0.717, 1.165) is 9.37 Å². The summed E-state index contributed by atoms with van der Waals surface area (Å²) in [5.41, 5.74) is 2.39. The molecule has 0 amide bonds. The van der Waals surface area contributed by atoms with Crippen LogP contribution in [0, 0.1) is 0 Å². The number of hydrogen-bond donors (Lipinski definition) is 1. The molecule has 0 unspecified atom stereocenters. The Bertz CT molecular complexity index is 699. The van der Waals surface area contributed by atoms with Crippen molar-refractivity contribution >= 4 is 39.3 Å². The zero-order valence-electron chi connectivity index (χ0n) is 9.60. The molecule has 3 rings (SSSR count). The fourth-order valence-corrected chi connectivity index (χ4v) is 3.06. The van der Waals surface area contributed by atoms with Crippen LogP contribution >= 0.6 is 28.6 Å². The van der Waals surface area contributed by atoms with Crippen molar-refractivity contribution in [3.8, 4) is 11.1 Å². The Labute approximate surface area is 120 Å². The maximum absolute atomic E-state index is 4.42. The molecule has 2 heteroatoms. The largest absolute Gasteiger partial charge is 0.143 e. The molecule has 88 valence electrons. The summed E-state index contributed by atoms with van der Waals surface area (Å²) in [6.45, 7) is 0. The van der Waals surface area contributed by atoms with Crippen molar-refractivity contribution in [3.63, 3.8) is 0 Å². The van der Waals surface area contributed by atoms with Gasteiger partial charge >= 0.3 is 0 Å². The SMILES string of the molecule is Sc1cc(Br)cc(-c2ccc3ccccc3c2)c1. The van der Waals surface area contributed by atoms with Crippen molar-refractivity contribution in [1.29, 1.82) is 0 Å². The second-order valence-electron chi connectivity index (χ2n) is 4.26. The number of halogens is 1. The van der Waals surface area contributed by atoms with Gasteiger partial charge in [-0.25, -0.2) is 0 Å². The number of benzene rings is 3. The molecule has 0 fully saturated rings. The molecule has 0 saturated carbocycles. The molecule has 3 aromatic rings. The van der Waals surface area contributed by atoms with Gasteiger partial charge in [-0.15, -0.1) is 12.6 Å². The van der Waals surface area contributed by atoms with E-state index in [0.29, 0.717) is 0 Å². The Kier molecular flexibility index (Phi) is 3.14. The smallest absolute Gasteiger partial charge is 0.0192 e. The van der Waals surface area contributed by atoms with Gasteiger partial charge in [0, 0.05) is 9.37 Å². The van der Waals surface area contributed by atoms with Crippen molar-refractivity contribution in [1.82, 2.24) is 0 Å². The molecule has 0 atom stereocenters. The number of thiol groups is 1. The van der Waals surface area contributed by atoms with E-state index in [9.17, 15) is 0 Å². The summed E-state index contributed by atoms with van der Waals surface area (Å²) in [5, 5.41) is 2.53. The van der Waals surface area contributed by atoms with E-state index >= 15 is 0 Å². The lowest BCUT2D eigenvalue weighted by Crippen LogP contribution is -1.80. The van der Waals surface area contributed by atoms with Gasteiger partial charge in [0.15, 0.2) is 0 Å². The molecule has 0 N–H and O–H groups in total. The van der Waals surface area contributed by atoms with Crippen LogP contribution < -0.4 is 0 Å². The molecule has 0 heterocycles. The molecule has 0 saturated heterocycles. The topological polar surface area (TPSA) is 0 Å². The zero-order chi connectivity index (χ0) is 12.5. The molecule has 0 aliphatic carbocycles. The predicted octanol–water partition coefficient (Wildman–Crippen LogP) is 5.56. The van der Waals surface area contributed by atoms with E-state index in [1.807, 2.05) is 6.07 Å². The Morgan fingerprint density at radius 3 is 2.28 bits per heavy atom. The van der Waals surface area contributed by atoms with E-state index < -0.39 is 0 Å². The Morgan fingerprint density at radius 2 is 1.50 bits per heavy atom. The first-order chi connectivity index (χ1) is 8.72. The maximum Gasteiger partial charge on any atom is 0.0192 e. The highest BCUT2D eigenvalue weighted by Crippen LogP contribution is 2.29. The summed E-state index contributed by atoms with van der Waals surface area (Å²) in [6, 6.07) is 21.1. The summed E-state index contributed by atoms with van der Waals surface area (Å²) >= 11 is 7.93. The highest BCUT2D eigenvalue weighted by molar-refractivity contribution is 9.10. The second-order valence-corrected chi connectivity index (χ2v) is 5.69. The highest BCUT2D eigenvalue weighted by Gasteiger charge is 2.02. The lowest BCUT2D eigenvalue weighted by atomic mass is 10.0. The lowest BCUT2D eigenvalue weighted by Gasteiger charge is -2.06. The number of fused-ring (bicyclic) bond motifs is 1. The number of hydrogen-bond acceptors (Lipinski definition) is 1. The third kappa shape index (κ3) is 2.31. The first-order valence-corrected chi connectivity index (χ1v) is 6.95. The van der Waals surface area contributed by atoms with Crippen LogP contribution in [0.25, 0.3) is 21.9 Å². The highest BCUT2D eigenvalue weighted by atomic mass is 79.9. The molecule has 0 aliphatic rings. The summed E-state index contributed by atoms with van der Waals surface area (Å²) in [5.74, 6) is 0. The van der Waals surface area contributed by atoms with Gasteiger partial charge in [-0.2, -0.15) is 0 Å². The third-order valence-corrected chi connectivity index (χ3v) is 3.68. The van der Waals surface area contributed by atoms with E-state index in [-0.39, 0.29) is 0 Å². The van der Waals surface area contributed by atoms with Crippen LogP contribution in [-0.4, -0.2) is 0 Å². The van der Waals surface area contributed by atoms with Crippen molar-refractivity contribution in [2.45, 2.75) is 4.90 Å².